The molecule has 8 heteroatoms. The van der Waals surface area contributed by atoms with Crippen LogP contribution in [0.25, 0.3) is 11.1 Å². The predicted molar refractivity (Wildman–Crippen MR) is 136 cm³/mol. The lowest BCUT2D eigenvalue weighted by atomic mass is 9.98. The Morgan fingerprint density at radius 1 is 0.806 bits per heavy atom. The third-order valence-electron chi connectivity index (χ3n) is 6.33. The minimum absolute atomic E-state index is 0.0978. The second-order valence-corrected chi connectivity index (χ2v) is 10.5. The molecule has 5 rings (SSSR count). The van der Waals surface area contributed by atoms with Crippen LogP contribution < -0.4 is 10.2 Å². The minimum Gasteiger partial charge on any atom is -0.478 e. The fourth-order valence-corrected chi connectivity index (χ4v) is 6.61. The lowest BCUT2D eigenvalue weighted by molar-refractivity contribution is 0.0697. The van der Waals surface area contributed by atoms with Crippen LogP contribution in [0.1, 0.15) is 15.9 Å². The molecule has 1 fully saturated rings. The molecular formula is C28H22N2O5S. The number of urea groups is 1. The Morgan fingerprint density at radius 2 is 1.44 bits per heavy atom. The summed E-state index contributed by atoms with van der Waals surface area (Å²) < 4.78 is 28.5. The van der Waals surface area contributed by atoms with Crippen LogP contribution in [0.3, 0.4) is 0 Å². The first-order valence-corrected chi connectivity index (χ1v) is 12.7. The second-order valence-electron chi connectivity index (χ2n) is 8.39. The quantitative estimate of drug-likeness (QED) is 0.393. The van der Waals surface area contributed by atoms with Gasteiger partial charge in [0.1, 0.15) is 0 Å². The van der Waals surface area contributed by atoms with E-state index in [1.54, 1.807) is 91.0 Å². The zero-order chi connectivity index (χ0) is 25.3. The van der Waals surface area contributed by atoms with Gasteiger partial charge in [0, 0.05) is 5.69 Å². The number of carboxylic acids is 1. The molecule has 0 bridgehead atoms. The van der Waals surface area contributed by atoms with E-state index in [2.05, 4.69) is 5.32 Å². The number of nitrogens with one attached hydrogen (secondary N) is 1. The van der Waals surface area contributed by atoms with E-state index >= 15 is 0 Å². The molecule has 1 aliphatic heterocycles. The molecule has 4 aromatic carbocycles. The summed E-state index contributed by atoms with van der Waals surface area (Å²) in [6.07, 6.45) is 0. The Balaban J connectivity index is 1.69. The molecule has 0 saturated carbocycles. The van der Waals surface area contributed by atoms with Gasteiger partial charge < -0.3 is 10.4 Å². The number of hydrogen-bond acceptors (Lipinski definition) is 4. The summed E-state index contributed by atoms with van der Waals surface area (Å²) in [5.74, 6) is -1.03. The smallest absolute Gasteiger partial charge is 0.335 e. The van der Waals surface area contributed by atoms with Crippen LogP contribution in [0.2, 0.25) is 0 Å². The van der Waals surface area contributed by atoms with Gasteiger partial charge in [-0.2, -0.15) is 0 Å². The molecule has 180 valence electrons. The summed E-state index contributed by atoms with van der Waals surface area (Å²) in [6.45, 7) is -0.147. The Labute approximate surface area is 208 Å². The third-order valence-corrected chi connectivity index (χ3v) is 8.68. The van der Waals surface area contributed by atoms with Gasteiger partial charge in [0.25, 0.3) is 0 Å². The molecular weight excluding hydrogens is 476 g/mol. The summed E-state index contributed by atoms with van der Waals surface area (Å²) in [5.41, 5.74) is 2.41. The van der Waals surface area contributed by atoms with Crippen molar-refractivity contribution in [3.63, 3.8) is 0 Å². The monoisotopic (exact) mass is 498 g/mol. The SMILES string of the molecule is O=C(O)c1cccc(-c2ccc(C3(S(=O)(=O)c4ccccc4)CNC(=O)N3c3ccccc3)cc2)c1. The highest BCUT2D eigenvalue weighted by Crippen LogP contribution is 2.44. The summed E-state index contributed by atoms with van der Waals surface area (Å²) in [4.78, 5) is 24.2. The first-order chi connectivity index (χ1) is 17.3. The highest BCUT2D eigenvalue weighted by Gasteiger charge is 2.57. The molecule has 1 heterocycles. The van der Waals surface area contributed by atoms with Gasteiger partial charge in [0.05, 0.1) is 17.0 Å². The van der Waals surface area contributed by atoms with E-state index in [4.69, 9.17) is 0 Å². The maximum Gasteiger partial charge on any atom is 0.335 e. The topological polar surface area (TPSA) is 104 Å². The van der Waals surface area contributed by atoms with E-state index in [0.717, 1.165) is 5.56 Å². The number of carbonyl (C=O) groups is 2. The van der Waals surface area contributed by atoms with Gasteiger partial charge in [-0.25, -0.2) is 18.0 Å². The Hall–Kier alpha value is -4.43. The van der Waals surface area contributed by atoms with Gasteiger partial charge in [0.15, 0.2) is 4.87 Å². The van der Waals surface area contributed by atoms with Gasteiger partial charge in [-0.3, -0.25) is 4.90 Å². The van der Waals surface area contributed by atoms with Crippen LogP contribution in [-0.2, 0) is 14.7 Å². The van der Waals surface area contributed by atoms with E-state index in [-0.39, 0.29) is 17.0 Å². The number of nitrogens with zero attached hydrogens (tertiary/aromatic N) is 1. The number of carbonyl (C=O) groups excluding carboxylic acids is 1. The normalized spacial score (nSPS) is 17.6. The lowest BCUT2D eigenvalue weighted by Crippen LogP contribution is -2.51. The Morgan fingerprint density at radius 3 is 2.08 bits per heavy atom. The van der Waals surface area contributed by atoms with Crippen LogP contribution in [-0.4, -0.2) is 32.1 Å². The largest absolute Gasteiger partial charge is 0.478 e. The van der Waals surface area contributed by atoms with Crippen molar-refractivity contribution < 1.29 is 23.1 Å². The van der Waals surface area contributed by atoms with Crippen LogP contribution in [0.4, 0.5) is 10.5 Å². The standard InChI is InChI=1S/C28H22N2O5S/c31-26(32)22-9-7-8-21(18-22)20-14-16-23(17-15-20)28(36(34,35)25-12-5-2-6-13-25)19-29-27(33)30(28)24-10-3-1-4-11-24/h1-18H,19H2,(H,29,33)(H,31,32). The van der Waals surface area contributed by atoms with Crippen LogP contribution >= 0.6 is 0 Å². The summed E-state index contributed by atoms with van der Waals surface area (Å²) in [5, 5.41) is 12.1. The number of para-hydroxylation sites is 1. The molecule has 1 atom stereocenters. The van der Waals surface area contributed by atoms with E-state index < -0.39 is 26.7 Å². The van der Waals surface area contributed by atoms with Gasteiger partial charge in [-0.05, 0) is 53.1 Å². The first-order valence-electron chi connectivity index (χ1n) is 11.2. The first kappa shape index (κ1) is 23.3. The number of amides is 2. The van der Waals surface area contributed by atoms with Crippen LogP contribution in [0.15, 0.2) is 114 Å². The highest BCUT2D eigenvalue weighted by molar-refractivity contribution is 7.92. The number of aromatic carboxylic acids is 1. The minimum atomic E-state index is -4.11. The zero-order valence-electron chi connectivity index (χ0n) is 19.0. The average molecular weight is 499 g/mol. The summed E-state index contributed by atoms with van der Waals surface area (Å²) in [6, 6.07) is 29.6. The van der Waals surface area contributed by atoms with Gasteiger partial charge in [0.2, 0.25) is 9.84 Å². The molecule has 7 nitrogen and oxygen atoms in total. The molecule has 0 aliphatic carbocycles. The fraction of sp³-hybridized carbons (Fsp3) is 0.0714. The molecule has 0 spiro atoms. The highest BCUT2D eigenvalue weighted by atomic mass is 32.2. The van der Waals surface area contributed by atoms with Crippen molar-refractivity contribution in [1.29, 1.82) is 0 Å². The van der Waals surface area contributed by atoms with Crippen LogP contribution in [0, 0.1) is 0 Å². The molecule has 2 amide bonds. The molecule has 2 N–H and O–H groups in total. The fourth-order valence-electron chi connectivity index (χ4n) is 4.57. The van der Waals surface area contributed by atoms with Crippen LogP contribution in [0.5, 0.6) is 0 Å². The predicted octanol–water partition coefficient (Wildman–Crippen LogP) is 4.91. The maximum atomic E-state index is 14.3. The number of benzene rings is 4. The van der Waals surface area contributed by atoms with Crippen molar-refractivity contribution >= 4 is 27.5 Å². The summed E-state index contributed by atoms with van der Waals surface area (Å²) in [7, 11) is -4.11. The summed E-state index contributed by atoms with van der Waals surface area (Å²) >= 11 is 0. The Kier molecular flexibility index (Phi) is 5.81. The molecule has 1 aliphatic rings. The Bertz CT molecular complexity index is 1540. The van der Waals surface area contributed by atoms with Gasteiger partial charge in [-0.15, -0.1) is 0 Å². The zero-order valence-corrected chi connectivity index (χ0v) is 19.9. The molecule has 4 aromatic rings. The van der Waals surface area contributed by atoms with Crippen molar-refractivity contribution in [3.8, 4) is 11.1 Å². The van der Waals surface area contributed by atoms with E-state index in [0.29, 0.717) is 16.8 Å². The van der Waals surface area contributed by atoms with Crippen molar-refractivity contribution in [2.24, 2.45) is 0 Å². The number of sulfone groups is 1. The molecule has 36 heavy (non-hydrogen) atoms. The maximum absolute atomic E-state index is 14.3. The van der Waals surface area contributed by atoms with Gasteiger partial charge in [-0.1, -0.05) is 72.8 Å². The molecule has 0 radical (unpaired) electrons. The van der Waals surface area contributed by atoms with Gasteiger partial charge >= 0.3 is 12.0 Å². The van der Waals surface area contributed by atoms with E-state index in [1.807, 2.05) is 0 Å². The molecule has 1 saturated heterocycles. The molecule has 0 aromatic heterocycles. The lowest BCUT2D eigenvalue weighted by Gasteiger charge is -2.37. The number of carboxylic acid groups (broad SMARTS) is 1. The van der Waals surface area contributed by atoms with E-state index in [9.17, 15) is 23.1 Å². The van der Waals surface area contributed by atoms with Crippen molar-refractivity contribution in [2.45, 2.75) is 9.77 Å². The van der Waals surface area contributed by atoms with Crippen molar-refractivity contribution in [3.05, 3.63) is 120 Å². The second kappa shape index (κ2) is 8.98. The third kappa shape index (κ3) is 3.72. The van der Waals surface area contributed by atoms with Crippen molar-refractivity contribution in [2.75, 3.05) is 11.4 Å². The number of hydrogen-bond donors (Lipinski definition) is 2. The van der Waals surface area contributed by atoms with Crippen molar-refractivity contribution in [1.82, 2.24) is 5.32 Å². The molecule has 1 unspecified atom stereocenters. The van der Waals surface area contributed by atoms with E-state index in [1.165, 1.54) is 23.1 Å². The number of anilines is 1. The number of rotatable bonds is 6. The average Bonchev–Trinajstić information content (AvgIpc) is 3.28.